The Bertz CT molecular complexity index is 1270. The summed E-state index contributed by atoms with van der Waals surface area (Å²) in [7, 11) is 1.93. The molecule has 0 unspecified atom stereocenters. The smallest absolute Gasteiger partial charge is 0.475 e. The highest BCUT2D eigenvalue weighted by molar-refractivity contribution is 5.73. The van der Waals surface area contributed by atoms with Gasteiger partial charge in [0.05, 0.1) is 11.4 Å². The van der Waals surface area contributed by atoms with E-state index in [4.69, 9.17) is 14.9 Å². The zero-order valence-corrected chi connectivity index (χ0v) is 18.5. The van der Waals surface area contributed by atoms with Gasteiger partial charge in [0.1, 0.15) is 0 Å². The van der Waals surface area contributed by atoms with Gasteiger partial charge in [-0.3, -0.25) is 9.48 Å². The molecule has 12 heteroatoms. The molecular weight excluding hydrogens is 453 g/mol. The van der Waals surface area contributed by atoms with E-state index >= 15 is 0 Å². The summed E-state index contributed by atoms with van der Waals surface area (Å²) >= 11 is 0. The van der Waals surface area contributed by atoms with Gasteiger partial charge in [-0.15, -0.1) is 0 Å². The molecular formula is C22H23F3N6O3. The Kier molecular flexibility index (Phi) is 6.15. The number of aromatic nitrogens is 5. The zero-order valence-electron chi connectivity index (χ0n) is 18.5. The second-order valence-electron chi connectivity index (χ2n) is 8.45. The molecule has 5 rings (SSSR count). The Hall–Kier alpha value is -3.70. The van der Waals surface area contributed by atoms with Crippen molar-refractivity contribution in [3.05, 3.63) is 58.3 Å². The van der Waals surface area contributed by atoms with Gasteiger partial charge in [-0.05, 0) is 37.0 Å². The van der Waals surface area contributed by atoms with Crippen LogP contribution in [0.4, 0.5) is 19.1 Å². The summed E-state index contributed by atoms with van der Waals surface area (Å²) in [5.41, 5.74) is 4.21. The van der Waals surface area contributed by atoms with Crippen molar-refractivity contribution in [1.82, 2.24) is 24.3 Å². The second-order valence-corrected chi connectivity index (χ2v) is 8.45. The first-order valence-corrected chi connectivity index (χ1v) is 10.6. The number of rotatable bonds is 2. The van der Waals surface area contributed by atoms with Crippen LogP contribution in [0, 0.1) is 12.8 Å². The third-order valence-electron chi connectivity index (χ3n) is 6.03. The van der Waals surface area contributed by atoms with Gasteiger partial charge in [-0.2, -0.15) is 18.3 Å². The normalized spacial score (nSPS) is 19.1. The molecule has 1 fully saturated rings. The minimum atomic E-state index is -5.08. The molecule has 0 aliphatic carbocycles. The molecule has 1 saturated heterocycles. The molecule has 0 radical (unpaired) electrons. The Morgan fingerprint density at radius 1 is 1.18 bits per heavy atom. The number of nitrogens with zero attached hydrogens (tertiary/aromatic N) is 6. The van der Waals surface area contributed by atoms with E-state index in [1.54, 1.807) is 12.3 Å². The third-order valence-corrected chi connectivity index (χ3v) is 6.03. The minimum Gasteiger partial charge on any atom is -0.475 e. The molecule has 2 atom stereocenters. The van der Waals surface area contributed by atoms with Crippen LogP contribution in [0.25, 0.3) is 11.4 Å². The predicted molar refractivity (Wildman–Crippen MR) is 116 cm³/mol. The summed E-state index contributed by atoms with van der Waals surface area (Å²) in [5.74, 6) is -1.21. The quantitative estimate of drug-likeness (QED) is 0.606. The Balaban J connectivity index is 0.000000344. The number of aryl methyl sites for hydroxylation is 2. The molecule has 0 amide bonds. The predicted octanol–water partition coefficient (Wildman–Crippen LogP) is 2.60. The molecule has 5 heterocycles. The number of piperidine rings is 1. The standard InChI is InChI=1S/C20H22N6O.C2HF3O2/c1-13-9-21-20(23-19(13)17-6-7-22-24(17)2)25-10-14-8-15(12-25)16-4-3-5-18(27)26(16)11-14;3-2(4,5)1(6)7/h3-7,9,14-15H,8,10-12H2,1-2H3;(H,6,7)/t14-,15+;/m1./s1. The lowest BCUT2D eigenvalue weighted by Crippen LogP contribution is -2.47. The average Bonchev–Trinajstić information content (AvgIpc) is 3.20. The molecule has 180 valence electrons. The Morgan fingerprint density at radius 3 is 2.56 bits per heavy atom. The SMILES string of the molecule is Cc1cnc(N2C[C@H]3C[C@@H](C2)c2cccc(=O)n2C3)nc1-c1ccnn1C.O=C(O)C(F)(F)F. The monoisotopic (exact) mass is 476 g/mol. The van der Waals surface area contributed by atoms with E-state index in [1.807, 2.05) is 41.5 Å². The Labute approximate surface area is 192 Å². The number of aliphatic carboxylic acids is 1. The van der Waals surface area contributed by atoms with E-state index < -0.39 is 12.1 Å². The lowest BCUT2D eigenvalue weighted by molar-refractivity contribution is -0.192. The topological polar surface area (TPSA) is 106 Å². The second kappa shape index (κ2) is 8.92. The van der Waals surface area contributed by atoms with Gasteiger partial charge in [-0.25, -0.2) is 14.8 Å². The average molecular weight is 476 g/mol. The van der Waals surface area contributed by atoms with E-state index in [0.29, 0.717) is 11.8 Å². The van der Waals surface area contributed by atoms with Crippen LogP contribution in [0.5, 0.6) is 0 Å². The third kappa shape index (κ3) is 4.66. The fourth-order valence-corrected chi connectivity index (χ4v) is 4.51. The number of fused-ring (bicyclic) bond motifs is 4. The number of carbonyl (C=O) groups is 1. The number of pyridine rings is 1. The molecule has 3 aromatic heterocycles. The molecule has 3 aromatic rings. The molecule has 2 bridgehead atoms. The number of alkyl halides is 3. The highest BCUT2D eigenvalue weighted by Gasteiger charge is 2.38. The maximum atomic E-state index is 12.2. The van der Waals surface area contributed by atoms with E-state index in [-0.39, 0.29) is 5.56 Å². The number of halogens is 3. The minimum absolute atomic E-state index is 0.112. The summed E-state index contributed by atoms with van der Waals surface area (Å²) in [6, 6.07) is 7.59. The molecule has 2 aliphatic heterocycles. The zero-order chi connectivity index (χ0) is 24.6. The molecule has 0 spiro atoms. The van der Waals surface area contributed by atoms with Crippen molar-refractivity contribution < 1.29 is 23.1 Å². The maximum absolute atomic E-state index is 12.2. The van der Waals surface area contributed by atoms with Gasteiger partial charge in [0.2, 0.25) is 5.95 Å². The first-order chi connectivity index (χ1) is 16.0. The van der Waals surface area contributed by atoms with Gasteiger partial charge in [0, 0.05) is 56.8 Å². The summed E-state index contributed by atoms with van der Waals surface area (Å²) in [6.45, 7) is 4.53. The van der Waals surface area contributed by atoms with Crippen molar-refractivity contribution >= 4 is 11.9 Å². The molecule has 1 N–H and O–H groups in total. The number of hydrogen-bond acceptors (Lipinski definition) is 6. The fraction of sp³-hybridized carbons (Fsp3) is 0.409. The van der Waals surface area contributed by atoms with Crippen molar-refractivity contribution in [2.24, 2.45) is 13.0 Å². The van der Waals surface area contributed by atoms with Crippen LogP contribution in [-0.4, -0.2) is 54.7 Å². The van der Waals surface area contributed by atoms with Crippen molar-refractivity contribution in [2.45, 2.75) is 32.0 Å². The number of carboxylic acids is 1. The Morgan fingerprint density at radius 2 is 1.91 bits per heavy atom. The van der Waals surface area contributed by atoms with Crippen molar-refractivity contribution in [3.63, 3.8) is 0 Å². The highest BCUT2D eigenvalue weighted by atomic mass is 19.4. The molecule has 0 saturated carbocycles. The van der Waals surface area contributed by atoms with Crippen molar-refractivity contribution in [3.8, 4) is 11.4 Å². The van der Waals surface area contributed by atoms with E-state index in [1.165, 1.54) is 0 Å². The van der Waals surface area contributed by atoms with E-state index in [9.17, 15) is 18.0 Å². The van der Waals surface area contributed by atoms with Crippen molar-refractivity contribution in [1.29, 1.82) is 0 Å². The summed E-state index contributed by atoms with van der Waals surface area (Å²) in [5, 5.41) is 11.4. The lowest BCUT2D eigenvalue weighted by atomic mass is 9.83. The lowest BCUT2D eigenvalue weighted by Gasteiger charge is -2.42. The van der Waals surface area contributed by atoms with E-state index in [2.05, 4.69) is 21.0 Å². The highest BCUT2D eigenvalue weighted by Crippen LogP contribution is 2.36. The number of hydrogen-bond donors (Lipinski definition) is 1. The van der Waals surface area contributed by atoms with Crippen LogP contribution in [0.2, 0.25) is 0 Å². The van der Waals surface area contributed by atoms with Crippen molar-refractivity contribution in [2.75, 3.05) is 18.0 Å². The summed E-state index contributed by atoms with van der Waals surface area (Å²) < 4.78 is 35.5. The summed E-state index contributed by atoms with van der Waals surface area (Å²) in [6.07, 6.45) is -0.273. The van der Waals surface area contributed by atoms with Gasteiger partial charge in [0.15, 0.2) is 0 Å². The fourth-order valence-electron chi connectivity index (χ4n) is 4.51. The van der Waals surface area contributed by atoms with Crippen LogP contribution < -0.4 is 10.5 Å². The van der Waals surface area contributed by atoms with Crippen LogP contribution in [0.3, 0.4) is 0 Å². The summed E-state index contributed by atoms with van der Waals surface area (Å²) in [4.78, 5) is 32.9. The van der Waals surface area contributed by atoms with Crippen LogP contribution >= 0.6 is 0 Å². The largest absolute Gasteiger partial charge is 0.490 e. The maximum Gasteiger partial charge on any atom is 0.490 e. The molecule has 34 heavy (non-hydrogen) atoms. The van der Waals surface area contributed by atoms with Crippen LogP contribution in [0.1, 0.15) is 23.6 Å². The molecule has 2 aliphatic rings. The first kappa shape index (κ1) is 23.5. The first-order valence-electron chi connectivity index (χ1n) is 10.6. The van der Waals surface area contributed by atoms with Crippen LogP contribution in [-0.2, 0) is 18.4 Å². The van der Waals surface area contributed by atoms with E-state index in [0.717, 1.165) is 54.6 Å². The van der Waals surface area contributed by atoms with Crippen LogP contribution in [0.15, 0.2) is 41.5 Å². The number of anilines is 1. The van der Waals surface area contributed by atoms with Gasteiger partial charge in [-0.1, -0.05) is 6.07 Å². The van der Waals surface area contributed by atoms with Gasteiger partial charge in [0.25, 0.3) is 5.56 Å². The number of carboxylic acid groups (broad SMARTS) is 1. The molecule has 0 aromatic carbocycles. The van der Waals surface area contributed by atoms with Gasteiger partial charge < -0.3 is 14.6 Å². The van der Waals surface area contributed by atoms with Gasteiger partial charge >= 0.3 is 12.1 Å². The molecule has 9 nitrogen and oxygen atoms in total.